The second-order valence-corrected chi connectivity index (χ2v) is 8.37. The Bertz CT molecular complexity index is 1240. The number of imidazole rings is 1. The average molecular weight is 456 g/mol. The van der Waals surface area contributed by atoms with Gasteiger partial charge in [-0.25, -0.2) is 9.37 Å². The molecule has 0 aliphatic rings. The van der Waals surface area contributed by atoms with Crippen LogP contribution in [-0.2, 0) is 29.1 Å². The molecule has 0 radical (unpaired) electrons. The number of carbonyl (C=O) groups is 2. The van der Waals surface area contributed by atoms with E-state index in [-0.39, 0.29) is 23.5 Å². The van der Waals surface area contributed by atoms with Crippen LogP contribution in [0.25, 0.3) is 11.0 Å². The van der Waals surface area contributed by atoms with Crippen molar-refractivity contribution in [2.75, 3.05) is 4.90 Å². The number of anilines is 1. The number of halogens is 2. The smallest absolute Gasteiger partial charge is 0.247 e. The molecule has 158 valence electrons. The Kier molecular flexibility index (Phi) is 6.15. The third-order valence-electron chi connectivity index (χ3n) is 4.88. The number of nitrogens with zero attached hydrogens (tertiary/aromatic N) is 3. The second kappa shape index (κ2) is 8.99. The maximum absolute atomic E-state index is 13.8. The molecule has 0 spiro atoms. The Morgan fingerprint density at radius 3 is 2.58 bits per heavy atom. The minimum absolute atomic E-state index is 0.0767. The number of carbonyl (C=O) groups excluding carboxylic acids is 2. The van der Waals surface area contributed by atoms with E-state index in [1.807, 2.05) is 41.1 Å². The van der Waals surface area contributed by atoms with Crippen LogP contribution in [0.3, 0.4) is 0 Å². The average Bonchev–Trinajstić information content (AvgIpc) is 3.35. The molecule has 2 aromatic heterocycles. The molecule has 0 N–H and O–H groups in total. The van der Waals surface area contributed by atoms with Gasteiger partial charge in [-0.05, 0) is 76.8 Å². The zero-order chi connectivity index (χ0) is 22.0. The lowest BCUT2D eigenvalue weighted by Crippen LogP contribution is -2.33. The van der Waals surface area contributed by atoms with Crippen molar-refractivity contribution in [2.45, 2.75) is 26.4 Å². The highest BCUT2D eigenvalue weighted by molar-refractivity contribution is 7.07. The number of amides is 1. The largest absolute Gasteiger partial charge is 0.306 e. The summed E-state index contributed by atoms with van der Waals surface area (Å²) in [5.74, 6) is -0.558. The van der Waals surface area contributed by atoms with Gasteiger partial charge in [-0.3, -0.25) is 9.59 Å². The van der Waals surface area contributed by atoms with Crippen LogP contribution in [0, 0.1) is 5.82 Å². The first-order valence-corrected chi connectivity index (χ1v) is 10.9. The van der Waals surface area contributed by atoms with Gasteiger partial charge in [0.2, 0.25) is 11.2 Å². The van der Waals surface area contributed by atoms with Gasteiger partial charge in [-0.15, -0.1) is 0 Å². The van der Waals surface area contributed by atoms with Gasteiger partial charge in [0.05, 0.1) is 17.6 Å². The van der Waals surface area contributed by atoms with Gasteiger partial charge in [0.25, 0.3) is 0 Å². The van der Waals surface area contributed by atoms with Crippen LogP contribution in [0.15, 0.2) is 59.3 Å². The van der Waals surface area contributed by atoms with Crippen molar-refractivity contribution >= 4 is 51.3 Å². The van der Waals surface area contributed by atoms with E-state index in [2.05, 4.69) is 4.98 Å². The van der Waals surface area contributed by atoms with Gasteiger partial charge in [0.15, 0.2) is 0 Å². The molecule has 1 amide bonds. The van der Waals surface area contributed by atoms with Crippen LogP contribution >= 0.6 is 22.9 Å². The van der Waals surface area contributed by atoms with Crippen LogP contribution in [0.2, 0.25) is 5.28 Å². The van der Waals surface area contributed by atoms with E-state index in [1.165, 1.54) is 22.8 Å². The summed E-state index contributed by atoms with van der Waals surface area (Å²) in [6.07, 6.45) is 0.348. The number of Topliss-reactive ketones (excluding diaryl/α,β-unsaturated/α-hetero) is 1. The maximum Gasteiger partial charge on any atom is 0.247 e. The lowest BCUT2D eigenvalue weighted by Gasteiger charge is -2.23. The Morgan fingerprint density at radius 1 is 1.13 bits per heavy atom. The van der Waals surface area contributed by atoms with E-state index in [0.29, 0.717) is 29.7 Å². The lowest BCUT2D eigenvalue weighted by molar-refractivity contribution is -0.119. The standard InChI is InChI=1S/C23H19ClFN3O2S/c1-15(29)10-16-2-5-19(6-3-16)27(12-17-8-9-31-14-17)22(30)13-28-21-11-18(25)4-7-20(21)26-23(28)24/h2-9,11,14H,10,12-13H2,1H3. The molecule has 8 heteroatoms. The van der Waals surface area contributed by atoms with Gasteiger partial charge in [-0.1, -0.05) is 12.1 Å². The first-order chi connectivity index (χ1) is 14.9. The van der Waals surface area contributed by atoms with Crippen LogP contribution in [0.4, 0.5) is 10.1 Å². The third kappa shape index (κ3) is 4.84. The SMILES string of the molecule is CC(=O)Cc1ccc(N(Cc2ccsc2)C(=O)Cn2c(Cl)nc3ccc(F)cc32)cc1. The fraction of sp³-hybridized carbons (Fsp3) is 0.174. The van der Waals surface area contributed by atoms with Gasteiger partial charge < -0.3 is 9.47 Å². The van der Waals surface area contributed by atoms with Gasteiger partial charge in [0, 0.05) is 12.1 Å². The minimum atomic E-state index is -0.422. The minimum Gasteiger partial charge on any atom is -0.306 e. The van der Waals surface area contributed by atoms with E-state index < -0.39 is 5.82 Å². The molecule has 31 heavy (non-hydrogen) atoms. The topological polar surface area (TPSA) is 55.2 Å². The molecule has 0 atom stereocenters. The predicted molar refractivity (Wildman–Crippen MR) is 121 cm³/mol. The van der Waals surface area contributed by atoms with E-state index >= 15 is 0 Å². The molecule has 0 saturated heterocycles. The number of fused-ring (bicyclic) bond motifs is 1. The maximum atomic E-state index is 13.8. The number of ketones is 1. The zero-order valence-electron chi connectivity index (χ0n) is 16.7. The molecular formula is C23H19ClFN3O2S. The van der Waals surface area contributed by atoms with Crippen molar-refractivity contribution in [2.24, 2.45) is 0 Å². The fourth-order valence-electron chi connectivity index (χ4n) is 3.41. The predicted octanol–water partition coefficient (Wildman–Crippen LogP) is 5.26. The highest BCUT2D eigenvalue weighted by atomic mass is 35.5. The van der Waals surface area contributed by atoms with E-state index in [4.69, 9.17) is 11.6 Å². The molecule has 5 nitrogen and oxygen atoms in total. The molecular weight excluding hydrogens is 437 g/mol. The fourth-order valence-corrected chi connectivity index (χ4v) is 4.31. The quantitative estimate of drug-likeness (QED) is 0.382. The van der Waals surface area contributed by atoms with Crippen LogP contribution in [0.1, 0.15) is 18.1 Å². The van der Waals surface area contributed by atoms with Crippen molar-refractivity contribution < 1.29 is 14.0 Å². The summed E-state index contributed by atoms with van der Waals surface area (Å²) in [6.45, 7) is 1.84. The van der Waals surface area contributed by atoms with Crippen LogP contribution in [0.5, 0.6) is 0 Å². The van der Waals surface area contributed by atoms with Crippen molar-refractivity contribution in [1.29, 1.82) is 0 Å². The van der Waals surface area contributed by atoms with E-state index in [9.17, 15) is 14.0 Å². The molecule has 0 saturated carbocycles. The summed E-state index contributed by atoms with van der Waals surface area (Å²) in [7, 11) is 0. The molecule has 2 aromatic carbocycles. The summed E-state index contributed by atoms with van der Waals surface area (Å²) in [5.41, 5.74) is 3.58. The molecule has 0 aliphatic carbocycles. The molecule has 0 aliphatic heterocycles. The normalized spacial score (nSPS) is 11.1. The number of thiophene rings is 1. The number of benzene rings is 2. The molecule has 2 heterocycles. The van der Waals surface area contributed by atoms with Crippen LogP contribution in [-0.4, -0.2) is 21.2 Å². The third-order valence-corrected chi connectivity index (χ3v) is 5.90. The Hall–Kier alpha value is -3.03. The second-order valence-electron chi connectivity index (χ2n) is 7.26. The highest BCUT2D eigenvalue weighted by Crippen LogP contribution is 2.24. The highest BCUT2D eigenvalue weighted by Gasteiger charge is 2.20. The van der Waals surface area contributed by atoms with Crippen molar-refractivity contribution in [1.82, 2.24) is 9.55 Å². The lowest BCUT2D eigenvalue weighted by atomic mass is 10.1. The number of hydrogen-bond donors (Lipinski definition) is 0. The van der Waals surface area contributed by atoms with E-state index in [0.717, 1.165) is 11.1 Å². The summed E-state index contributed by atoms with van der Waals surface area (Å²) >= 11 is 7.81. The first-order valence-electron chi connectivity index (χ1n) is 9.62. The number of aromatic nitrogens is 2. The number of hydrogen-bond acceptors (Lipinski definition) is 4. The van der Waals surface area contributed by atoms with E-state index in [1.54, 1.807) is 23.2 Å². The van der Waals surface area contributed by atoms with Crippen LogP contribution < -0.4 is 4.90 Å². The van der Waals surface area contributed by atoms with Gasteiger partial charge >= 0.3 is 0 Å². The molecule has 0 fully saturated rings. The molecule has 4 rings (SSSR count). The van der Waals surface area contributed by atoms with Gasteiger partial charge in [0.1, 0.15) is 18.1 Å². The number of rotatable bonds is 7. The summed E-state index contributed by atoms with van der Waals surface area (Å²) < 4.78 is 15.3. The first kappa shape index (κ1) is 21.2. The van der Waals surface area contributed by atoms with Crippen molar-refractivity contribution in [3.63, 3.8) is 0 Å². The monoisotopic (exact) mass is 455 g/mol. The summed E-state index contributed by atoms with van der Waals surface area (Å²) in [5, 5.41) is 4.07. The van der Waals surface area contributed by atoms with Crippen molar-refractivity contribution in [3.05, 3.63) is 81.5 Å². The summed E-state index contributed by atoms with van der Waals surface area (Å²) in [6, 6.07) is 13.5. The Morgan fingerprint density at radius 2 is 1.90 bits per heavy atom. The molecule has 0 unspecified atom stereocenters. The molecule has 4 aromatic rings. The Labute approximate surface area is 187 Å². The zero-order valence-corrected chi connectivity index (χ0v) is 18.3. The molecule has 0 bridgehead atoms. The summed E-state index contributed by atoms with van der Waals surface area (Å²) in [4.78, 5) is 30.6. The Balaban J connectivity index is 1.65. The van der Waals surface area contributed by atoms with Gasteiger partial charge in [-0.2, -0.15) is 11.3 Å². The van der Waals surface area contributed by atoms with Crippen molar-refractivity contribution in [3.8, 4) is 0 Å².